The average molecular weight is 228 g/mol. The first-order valence-electron chi connectivity index (χ1n) is 6.58. The van der Waals surface area contributed by atoms with Crippen LogP contribution in [-0.2, 0) is 6.42 Å². The van der Waals surface area contributed by atoms with Crippen molar-refractivity contribution >= 4 is 6.08 Å². The van der Waals surface area contributed by atoms with E-state index in [0.29, 0.717) is 0 Å². The molecule has 0 atom stereocenters. The zero-order valence-corrected chi connectivity index (χ0v) is 11.6. The molecule has 0 radical (unpaired) electrons. The summed E-state index contributed by atoms with van der Waals surface area (Å²) < 4.78 is 0. The van der Waals surface area contributed by atoms with Crippen LogP contribution in [0.2, 0.25) is 0 Å². The fourth-order valence-corrected chi connectivity index (χ4v) is 1.92. The molecular weight excluding hydrogens is 204 g/mol. The zero-order valence-electron chi connectivity index (χ0n) is 11.6. The van der Waals surface area contributed by atoms with E-state index < -0.39 is 0 Å². The molecular formula is C17H24. The summed E-state index contributed by atoms with van der Waals surface area (Å²) in [5.41, 5.74) is 5.70. The molecule has 0 spiro atoms. The summed E-state index contributed by atoms with van der Waals surface area (Å²) in [7, 11) is 0. The van der Waals surface area contributed by atoms with Crippen molar-refractivity contribution in [2.24, 2.45) is 0 Å². The summed E-state index contributed by atoms with van der Waals surface area (Å²) in [5.74, 6) is 0. The fourth-order valence-electron chi connectivity index (χ4n) is 1.92. The molecule has 0 aliphatic heterocycles. The van der Waals surface area contributed by atoms with Crippen molar-refractivity contribution < 1.29 is 0 Å². The van der Waals surface area contributed by atoms with Gasteiger partial charge in [-0.15, -0.1) is 0 Å². The number of rotatable bonds is 5. The molecule has 0 unspecified atom stereocenters. The van der Waals surface area contributed by atoms with Crippen molar-refractivity contribution in [2.75, 3.05) is 0 Å². The van der Waals surface area contributed by atoms with E-state index in [0.717, 1.165) is 19.3 Å². The van der Waals surface area contributed by atoms with Crippen LogP contribution in [0.15, 0.2) is 41.5 Å². The SMILES string of the molecule is CC/C=C(/C)Cc1ccccc1/C=C(\C)CC. The predicted octanol–water partition coefficient (Wildman–Crippen LogP) is 5.40. The Labute approximate surface area is 106 Å². The fraction of sp³-hybridized carbons (Fsp3) is 0.412. The maximum atomic E-state index is 2.31. The Hall–Kier alpha value is -1.30. The van der Waals surface area contributed by atoms with Crippen LogP contribution in [0.4, 0.5) is 0 Å². The third-order valence-corrected chi connectivity index (χ3v) is 3.04. The Balaban J connectivity index is 2.96. The van der Waals surface area contributed by atoms with Gasteiger partial charge in [-0.25, -0.2) is 0 Å². The van der Waals surface area contributed by atoms with Crippen LogP contribution in [-0.4, -0.2) is 0 Å². The highest BCUT2D eigenvalue weighted by molar-refractivity contribution is 5.56. The van der Waals surface area contributed by atoms with Crippen LogP contribution in [0.1, 0.15) is 51.7 Å². The number of allylic oxidation sites excluding steroid dienone is 3. The Bertz CT molecular complexity index is 408. The van der Waals surface area contributed by atoms with Crippen LogP contribution in [0.5, 0.6) is 0 Å². The lowest BCUT2D eigenvalue weighted by molar-refractivity contribution is 1.08. The largest absolute Gasteiger partial charge is 0.0855 e. The third-order valence-electron chi connectivity index (χ3n) is 3.04. The molecule has 0 heterocycles. The monoisotopic (exact) mass is 228 g/mol. The van der Waals surface area contributed by atoms with Crippen LogP contribution in [0.25, 0.3) is 6.08 Å². The van der Waals surface area contributed by atoms with E-state index in [2.05, 4.69) is 64.1 Å². The molecule has 1 aromatic rings. The molecule has 0 aromatic heterocycles. The minimum atomic E-state index is 1.07. The molecule has 0 amide bonds. The van der Waals surface area contributed by atoms with Gasteiger partial charge in [0.25, 0.3) is 0 Å². The van der Waals surface area contributed by atoms with Gasteiger partial charge in [0.2, 0.25) is 0 Å². The molecule has 0 saturated heterocycles. The van der Waals surface area contributed by atoms with Crippen LogP contribution < -0.4 is 0 Å². The van der Waals surface area contributed by atoms with Crippen LogP contribution in [0.3, 0.4) is 0 Å². The van der Waals surface area contributed by atoms with Gasteiger partial charge in [0, 0.05) is 0 Å². The first kappa shape index (κ1) is 13.8. The predicted molar refractivity (Wildman–Crippen MR) is 78.1 cm³/mol. The molecule has 17 heavy (non-hydrogen) atoms. The number of hydrogen-bond donors (Lipinski definition) is 0. The molecule has 0 aliphatic rings. The first-order valence-corrected chi connectivity index (χ1v) is 6.58. The molecule has 92 valence electrons. The van der Waals surface area contributed by atoms with Crippen molar-refractivity contribution in [3.05, 3.63) is 52.6 Å². The van der Waals surface area contributed by atoms with Gasteiger partial charge in [0.05, 0.1) is 0 Å². The van der Waals surface area contributed by atoms with Crippen molar-refractivity contribution in [3.63, 3.8) is 0 Å². The molecule has 0 aliphatic carbocycles. The highest BCUT2D eigenvalue weighted by Crippen LogP contribution is 2.18. The van der Waals surface area contributed by atoms with Crippen molar-refractivity contribution in [1.82, 2.24) is 0 Å². The van der Waals surface area contributed by atoms with Crippen molar-refractivity contribution in [2.45, 2.75) is 47.0 Å². The van der Waals surface area contributed by atoms with E-state index in [4.69, 9.17) is 0 Å². The number of benzene rings is 1. The van der Waals surface area contributed by atoms with Gasteiger partial charge in [0.15, 0.2) is 0 Å². The van der Waals surface area contributed by atoms with Gasteiger partial charge >= 0.3 is 0 Å². The van der Waals surface area contributed by atoms with E-state index in [1.165, 1.54) is 22.3 Å². The van der Waals surface area contributed by atoms with Crippen molar-refractivity contribution in [1.29, 1.82) is 0 Å². The van der Waals surface area contributed by atoms with Gasteiger partial charge in [0.1, 0.15) is 0 Å². The highest BCUT2D eigenvalue weighted by Gasteiger charge is 2.00. The Morgan fingerprint density at radius 2 is 1.76 bits per heavy atom. The van der Waals surface area contributed by atoms with E-state index in [1.54, 1.807) is 0 Å². The topological polar surface area (TPSA) is 0 Å². The van der Waals surface area contributed by atoms with Gasteiger partial charge in [-0.3, -0.25) is 0 Å². The minimum Gasteiger partial charge on any atom is -0.0855 e. The molecule has 0 fully saturated rings. The van der Waals surface area contributed by atoms with Crippen LogP contribution in [0, 0.1) is 0 Å². The lowest BCUT2D eigenvalue weighted by atomic mass is 9.98. The molecule has 0 nitrogen and oxygen atoms in total. The van der Waals surface area contributed by atoms with E-state index in [-0.39, 0.29) is 0 Å². The summed E-state index contributed by atoms with van der Waals surface area (Å²) in [6.45, 7) is 8.81. The summed E-state index contributed by atoms with van der Waals surface area (Å²) in [6.07, 6.45) is 7.94. The third kappa shape index (κ3) is 4.60. The standard InChI is InChI=1S/C17H24/c1-5-9-15(4)13-17-11-8-7-10-16(17)12-14(3)6-2/h7-12H,5-6,13H2,1-4H3/b14-12+,15-9-. The molecule has 0 N–H and O–H groups in total. The molecule has 1 aromatic carbocycles. The van der Waals surface area contributed by atoms with Gasteiger partial charge in [-0.1, -0.05) is 61.4 Å². The summed E-state index contributed by atoms with van der Waals surface area (Å²) >= 11 is 0. The normalized spacial score (nSPS) is 12.9. The van der Waals surface area contributed by atoms with Gasteiger partial charge in [-0.2, -0.15) is 0 Å². The van der Waals surface area contributed by atoms with E-state index in [1.807, 2.05) is 0 Å². The lowest BCUT2D eigenvalue weighted by Crippen LogP contribution is -1.91. The van der Waals surface area contributed by atoms with E-state index in [9.17, 15) is 0 Å². The average Bonchev–Trinajstić information content (AvgIpc) is 2.31. The number of hydrogen-bond acceptors (Lipinski definition) is 0. The quantitative estimate of drug-likeness (QED) is 0.592. The first-order chi connectivity index (χ1) is 8.17. The van der Waals surface area contributed by atoms with E-state index >= 15 is 0 Å². The smallest absolute Gasteiger partial charge is 0.00640 e. The molecule has 1 rings (SSSR count). The minimum absolute atomic E-state index is 1.07. The van der Waals surface area contributed by atoms with Crippen molar-refractivity contribution in [3.8, 4) is 0 Å². The Morgan fingerprint density at radius 3 is 2.41 bits per heavy atom. The maximum Gasteiger partial charge on any atom is -0.00640 e. The summed E-state index contributed by atoms with van der Waals surface area (Å²) in [4.78, 5) is 0. The Kier molecular flexibility index (Phi) is 5.76. The Morgan fingerprint density at radius 1 is 1.06 bits per heavy atom. The zero-order chi connectivity index (χ0) is 12.7. The van der Waals surface area contributed by atoms with Crippen LogP contribution >= 0.6 is 0 Å². The maximum absolute atomic E-state index is 2.31. The van der Waals surface area contributed by atoms with Gasteiger partial charge < -0.3 is 0 Å². The molecule has 0 bridgehead atoms. The second kappa shape index (κ2) is 7.11. The van der Waals surface area contributed by atoms with Gasteiger partial charge in [-0.05, 0) is 44.2 Å². The molecule has 0 heteroatoms. The summed E-state index contributed by atoms with van der Waals surface area (Å²) in [6, 6.07) is 8.71. The highest BCUT2D eigenvalue weighted by atomic mass is 14.1. The second-order valence-corrected chi connectivity index (χ2v) is 4.68. The molecule has 0 saturated carbocycles. The summed E-state index contributed by atoms with van der Waals surface area (Å²) in [5, 5.41) is 0. The lowest BCUT2D eigenvalue weighted by Gasteiger charge is -2.07. The second-order valence-electron chi connectivity index (χ2n) is 4.68.